The first-order chi connectivity index (χ1) is 10.2. The van der Waals surface area contributed by atoms with Crippen LogP contribution in [0, 0.1) is 5.92 Å². The average molecular weight is 305 g/mol. The molecule has 21 heavy (non-hydrogen) atoms. The molecule has 3 heteroatoms. The zero-order chi connectivity index (χ0) is 14.7. The van der Waals surface area contributed by atoms with Gasteiger partial charge in [0.25, 0.3) is 0 Å². The lowest BCUT2D eigenvalue weighted by Crippen LogP contribution is -2.49. The summed E-state index contributed by atoms with van der Waals surface area (Å²) < 4.78 is 0. The highest BCUT2D eigenvalue weighted by Gasteiger charge is 2.32. The second kappa shape index (κ2) is 7.17. The minimum atomic E-state index is 0.152. The third-order valence-electron chi connectivity index (χ3n) is 4.95. The summed E-state index contributed by atoms with van der Waals surface area (Å²) in [5, 5.41) is 5.23. The molecule has 1 fully saturated rings. The average Bonchev–Trinajstić information content (AvgIpc) is 2.48. The van der Waals surface area contributed by atoms with E-state index in [2.05, 4.69) is 54.4 Å². The molecule has 0 saturated heterocycles. The molecule has 0 bridgehead atoms. The van der Waals surface area contributed by atoms with Gasteiger partial charge in [-0.3, -0.25) is 0 Å². The number of rotatable bonds is 4. The minimum absolute atomic E-state index is 0.152. The Kier molecular flexibility index (Phi) is 5.25. The van der Waals surface area contributed by atoms with Gasteiger partial charge in [-0.2, -0.15) is 0 Å². The van der Waals surface area contributed by atoms with Crippen molar-refractivity contribution in [3.8, 4) is 0 Å². The van der Waals surface area contributed by atoms with E-state index in [4.69, 9.17) is 5.73 Å². The first kappa shape index (κ1) is 15.4. The Balaban J connectivity index is 1.57. The van der Waals surface area contributed by atoms with Crippen molar-refractivity contribution >= 4 is 11.8 Å². The van der Waals surface area contributed by atoms with Gasteiger partial charge in [0.2, 0.25) is 0 Å². The van der Waals surface area contributed by atoms with Gasteiger partial charge in [-0.05, 0) is 31.8 Å². The number of nitrogens with one attached hydrogen (secondary N) is 1. The van der Waals surface area contributed by atoms with E-state index in [0.29, 0.717) is 17.3 Å². The number of hydrogen-bond acceptors (Lipinski definition) is 3. The molecule has 2 nitrogen and oxygen atoms in total. The molecule has 1 saturated carbocycles. The topological polar surface area (TPSA) is 38.0 Å². The maximum Gasteiger partial charge on any atom is 0.0508 e. The Hall–Kier alpha value is -0.510. The van der Waals surface area contributed by atoms with E-state index in [1.165, 1.54) is 37.7 Å². The van der Waals surface area contributed by atoms with Crippen LogP contribution in [0.4, 0.5) is 0 Å². The van der Waals surface area contributed by atoms with Gasteiger partial charge in [-0.1, -0.05) is 49.6 Å². The Labute approximate surface area is 133 Å². The van der Waals surface area contributed by atoms with Crippen molar-refractivity contribution < 1.29 is 0 Å². The van der Waals surface area contributed by atoms with Crippen LogP contribution in [-0.4, -0.2) is 22.7 Å². The lowest BCUT2D eigenvalue weighted by atomic mass is 9.77. The monoisotopic (exact) mass is 304 g/mol. The van der Waals surface area contributed by atoms with E-state index in [1.54, 1.807) is 0 Å². The fourth-order valence-corrected chi connectivity index (χ4v) is 5.35. The highest BCUT2D eigenvalue weighted by molar-refractivity contribution is 8.00. The molecule has 0 aromatic carbocycles. The maximum absolute atomic E-state index is 6.33. The first-order valence-electron chi connectivity index (χ1n) is 8.46. The van der Waals surface area contributed by atoms with Crippen molar-refractivity contribution in [2.75, 3.05) is 0 Å². The molecule has 0 amide bonds. The van der Waals surface area contributed by atoms with Crippen LogP contribution in [0.15, 0.2) is 36.0 Å². The normalized spacial score (nSPS) is 34.4. The Morgan fingerprint density at radius 3 is 2.90 bits per heavy atom. The summed E-state index contributed by atoms with van der Waals surface area (Å²) in [5.74, 6) is 0.439. The molecule has 0 aromatic heterocycles. The quantitative estimate of drug-likeness (QED) is 0.777. The molecular weight excluding hydrogens is 276 g/mol. The molecular formula is C18H28N2S. The largest absolute Gasteiger partial charge is 0.324 e. The molecule has 0 heterocycles. The molecule has 4 unspecified atom stereocenters. The van der Waals surface area contributed by atoms with E-state index in [9.17, 15) is 0 Å². The summed E-state index contributed by atoms with van der Waals surface area (Å²) in [7, 11) is 0. The van der Waals surface area contributed by atoms with Crippen molar-refractivity contribution in [2.24, 2.45) is 11.7 Å². The fraction of sp³-hybridized carbons (Fsp3) is 0.667. The number of fused-ring (bicyclic) bond motifs is 1. The van der Waals surface area contributed by atoms with E-state index in [1.807, 2.05) is 0 Å². The van der Waals surface area contributed by atoms with Crippen LogP contribution < -0.4 is 11.1 Å². The van der Waals surface area contributed by atoms with Gasteiger partial charge in [-0.15, -0.1) is 11.8 Å². The van der Waals surface area contributed by atoms with Gasteiger partial charge in [0.05, 0.1) is 5.37 Å². The second-order valence-corrected chi connectivity index (χ2v) is 8.25. The van der Waals surface area contributed by atoms with Crippen molar-refractivity contribution in [1.29, 1.82) is 0 Å². The van der Waals surface area contributed by atoms with Crippen LogP contribution in [0.3, 0.4) is 0 Å². The van der Waals surface area contributed by atoms with Gasteiger partial charge in [0, 0.05) is 23.3 Å². The molecule has 116 valence electrons. The van der Waals surface area contributed by atoms with Gasteiger partial charge < -0.3 is 11.1 Å². The lowest BCUT2D eigenvalue weighted by Gasteiger charge is -2.38. The Bertz CT molecular complexity index is 434. The third kappa shape index (κ3) is 3.82. The van der Waals surface area contributed by atoms with Crippen molar-refractivity contribution in [3.05, 3.63) is 36.0 Å². The van der Waals surface area contributed by atoms with Crippen LogP contribution in [0.2, 0.25) is 0 Å². The standard InChI is InChI=1S/C18H28N2S/c1-13(21-15-9-3-2-4-10-15)20-17-12-6-8-14-7-5-11-16(19)18(14)17/h5-8,11,13,15-18,20H,2-4,9-10,12,19H2,1H3. The van der Waals surface area contributed by atoms with Gasteiger partial charge >= 0.3 is 0 Å². The third-order valence-corrected chi connectivity index (χ3v) is 6.35. The molecule has 3 rings (SSSR count). The molecule has 0 radical (unpaired) electrons. The minimum Gasteiger partial charge on any atom is -0.324 e. The number of hydrogen-bond donors (Lipinski definition) is 2. The zero-order valence-corrected chi connectivity index (χ0v) is 13.8. The van der Waals surface area contributed by atoms with Crippen molar-refractivity contribution in [2.45, 2.75) is 68.2 Å². The molecule has 0 aliphatic heterocycles. The summed E-state index contributed by atoms with van der Waals surface area (Å²) in [6.45, 7) is 2.32. The van der Waals surface area contributed by atoms with E-state index >= 15 is 0 Å². The number of allylic oxidation sites excluding steroid dienone is 3. The zero-order valence-electron chi connectivity index (χ0n) is 13.0. The SMILES string of the molecule is CC(NC1CC=CC2=CC=CC(N)C21)SC1CCCCC1. The van der Waals surface area contributed by atoms with Crippen LogP contribution in [0.1, 0.15) is 45.4 Å². The van der Waals surface area contributed by atoms with Crippen LogP contribution in [0.25, 0.3) is 0 Å². The second-order valence-electron chi connectivity index (χ2n) is 6.60. The smallest absolute Gasteiger partial charge is 0.0508 e. The summed E-state index contributed by atoms with van der Waals surface area (Å²) in [6.07, 6.45) is 19.2. The summed E-state index contributed by atoms with van der Waals surface area (Å²) >= 11 is 2.14. The maximum atomic E-state index is 6.33. The fourth-order valence-electron chi connectivity index (χ4n) is 3.91. The van der Waals surface area contributed by atoms with Crippen LogP contribution in [-0.2, 0) is 0 Å². The molecule has 4 atom stereocenters. The van der Waals surface area contributed by atoms with E-state index in [-0.39, 0.29) is 6.04 Å². The Morgan fingerprint density at radius 1 is 1.29 bits per heavy atom. The highest BCUT2D eigenvalue weighted by Crippen LogP contribution is 2.33. The first-order valence-corrected chi connectivity index (χ1v) is 9.40. The summed E-state index contributed by atoms with van der Waals surface area (Å²) in [6, 6.07) is 0.631. The molecule has 0 aromatic rings. The number of nitrogens with two attached hydrogens (primary N) is 1. The van der Waals surface area contributed by atoms with Crippen LogP contribution >= 0.6 is 11.8 Å². The molecule has 3 aliphatic carbocycles. The summed E-state index contributed by atoms with van der Waals surface area (Å²) in [4.78, 5) is 0. The number of thioether (sulfide) groups is 1. The van der Waals surface area contributed by atoms with E-state index < -0.39 is 0 Å². The molecule has 0 spiro atoms. The molecule has 3 aliphatic rings. The predicted octanol–water partition coefficient (Wildman–Crippen LogP) is 3.76. The van der Waals surface area contributed by atoms with Gasteiger partial charge in [0.15, 0.2) is 0 Å². The van der Waals surface area contributed by atoms with Crippen molar-refractivity contribution in [1.82, 2.24) is 5.32 Å². The van der Waals surface area contributed by atoms with Crippen LogP contribution in [0.5, 0.6) is 0 Å². The van der Waals surface area contributed by atoms with Crippen molar-refractivity contribution in [3.63, 3.8) is 0 Å². The lowest BCUT2D eigenvalue weighted by molar-refractivity contribution is 0.361. The van der Waals surface area contributed by atoms with Gasteiger partial charge in [0.1, 0.15) is 0 Å². The Morgan fingerprint density at radius 2 is 2.10 bits per heavy atom. The predicted molar refractivity (Wildman–Crippen MR) is 93.3 cm³/mol. The van der Waals surface area contributed by atoms with E-state index in [0.717, 1.165) is 11.7 Å². The molecule has 3 N–H and O–H groups in total. The highest BCUT2D eigenvalue weighted by atomic mass is 32.2. The van der Waals surface area contributed by atoms with Gasteiger partial charge in [-0.25, -0.2) is 0 Å². The summed E-state index contributed by atoms with van der Waals surface area (Å²) in [5.41, 5.74) is 7.72.